The van der Waals surface area contributed by atoms with Crippen LogP contribution in [0.2, 0.25) is 0 Å². The van der Waals surface area contributed by atoms with Crippen molar-refractivity contribution < 1.29 is 0 Å². The van der Waals surface area contributed by atoms with Crippen molar-refractivity contribution >= 4 is 11.3 Å². The number of aryl methyl sites for hydroxylation is 2. The third-order valence-corrected chi connectivity index (χ3v) is 10.2. The third kappa shape index (κ3) is 4.35. The average molecular weight is 506 g/mol. The summed E-state index contributed by atoms with van der Waals surface area (Å²) in [5, 5.41) is 17.9. The minimum absolute atomic E-state index is 0.166. The maximum atomic E-state index is 4.59. The molecule has 3 aromatic rings. The summed E-state index contributed by atoms with van der Waals surface area (Å²) >= 11 is 1.88. The summed E-state index contributed by atoms with van der Waals surface area (Å²) in [4.78, 5) is 1.37. The van der Waals surface area contributed by atoms with Crippen LogP contribution < -0.4 is 10.6 Å². The van der Waals surface area contributed by atoms with E-state index in [9.17, 15) is 0 Å². The largest absolute Gasteiger partial charge is 0.316 e. The smallest absolute Gasteiger partial charge is 0.155 e. The van der Waals surface area contributed by atoms with Crippen molar-refractivity contribution in [2.45, 2.75) is 98.1 Å². The second kappa shape index (κ2) is 10.4. The molecule has 0 amide bonds. The van der Waals surface area contributed by atoms with E-state index in [2.05, 4.69) is 77.4 Å². The van der Waals surface area contributed by atoms with Crippen LogP contribution in [0.4, 0.5) is 0 Å². The molecule has 194 valence electrons. The van der Waals surface area contributed by atoms with Gasteiger partial charge in [-0.25, -0.2) is 0 Å². The molecule has 3 aliphatic rings. The van der Waals surface area contributed by atoms with Crippen LogP contribution in [-0.2, 0) is 0 Å². The standard InChI is InChI=1S/C28H37N5S.C2H6/c1-5-23-26-32-31-19(4)33(26)27-24(17(2)18(3)34-27)25(30-23)22-8-6-20(7-9-22)21-10-12-28(13-11-21)14-15-29-16-28;1-2/h6-9,21,23,25,29-30H,5,10-16H2,1-4H3;1-2H3. The first-order chi connectivity index (χ1) is 17.5. The maximum Gasteiger partial charge on any atom is 0.155 e. The third-order valence-electron chi connectivity index (χ3n) is 8.96. The number of benzene rings is 1. The van der Waals surface area contributed by atoms with Crippen molar-refractivity contribution in [3.8, 4) is 5.00 Å². The van der Waals surface area contributed by atoms with Gasteiger partial charge < -0.3 is 5.32 Å². The van der Waals surface area contributed by atoms with Gasteiger partial charge in [0, 0.05) is 17.0 Å². The fourth-order valence-corrected chi connectivity index (χ4v) is 7.91. The molecule has 0 bridgehead atoms. The summed E-state index contributed by atoms with van der Waals surface area (Å²) in [6.07, 6.45) is 7.79. The van der Waals surface area contributed by atoms with E-state index >= 15 is 0 Å². The van der Waals surface area contributed by atoms with E-state index < -0.39 is 0 Å². The Morgan fingerprint density at radius 3 is 2.33 bits per heavy atom. The molecule has 6 rings (SSSR count). The highest BCUT2D eigenvalue weighted by Gasteiger charge is 2.38. The number of rotatable bonds is 3. The lowest BCUT2D eigenvalue weighted by molar-refractivity contribution is 0.199. The summed E-state index contributed by atoms with van der Waals surface area (Å²) in [7, 11) is 0. The van der Waals surface area contributed by atoms with E-state index in [1.54, 1.807) is 0 Å². The average Bonchev–Trinajstić information content (AvgIpc) is 3.58. The van der Waals surface area contributed by atoms with Gasteiger partial charge >= 0.3 is 0 Å². The van der Waals surface area contributed by atoms with Gasteiger partial charge in [-0.05, 0) is 93.9 Å². The minimum Gasteiger partial charge on any atom is -0.316 e. The van der Waals surface area contributed by atoms with E-state index in [-0.39, 0.29) is 12.1 Å². The molecule has 2 atom stereocenters. The molecule has 1 aliphatic carbocycles. The van der Waals surface area contributed by atoms with Gasteiger partial charge in [-0.2, -0.15) is 0 Å². The number of thiophene rings is 1. The van der Waals surface area contributed by atoms with Gasteiger partial charge in [-0.15, -0.1) is 21.5 Å². The van der Waals surface area contributed by atoms with Crippen LogP contribution in [0.5, 0.6) is 0 Å². The molecule has 2 aliphatic heterocycles. The zero-order chi connectivity index (χ0) is 25.4. The highest BCUT2D eigenvalue weighted by atomic mass is 32.1. The van der Waals surface area contributed by atoms with Crippen LogP contribution in [0.1, 0.15) is 116 Å². The summed E-state index contributed by atoms with van der Waals surface area (Å²) < 4.78 is 2.30. The highest BCUT2D eigenvalue weighted by Crippen LogP contribution is 2.47. The van der Waals surface area contributed by atoms with Crippen LogP contribution in [0.15, 0.2) is 24.3 Å². The Kier molecular flexibility index (Phi) is 7.39. The van der Waals surface area contributed by atoms with E-state index in [4.69, 9.17) is 0 Å². The van der Waals surface area contributed by atoms with Crippen LogP contribution in [0.3, 0.4) is 0 Å². The Hall–Kier alpha value is -2.02. The Labute approximate surface area is 221 Å². The first kappa shape index (κ1) is 25.6. The molecule has 2 aromatic heterocycles. The van der Waals surface area contributed by atoms with Crippen molar-refractivity contribution in [2.75, 3.05) is 13.1 Å². The zero-order valence-corrected chi connectivity index (χ0v) is 23.8. The highest BCUT2D eigenvalue weighted by molar-refractivity contribution is 7.14. The van der Waals surface area contributed by atoms with Gasteiger partial charge in [0.05, 0.1) is 12.1 Å². The van der Waals surface area contributed by atoms with Gasteiger partial charge in [-0.3, -0.25) is 9.88 Å². The molecule has 2 unspecified atom stereocenters. The van der Waals surface area contributed by atoms with Gasteiger partial charge in [0.1, 0.15) is 10.8 Å². The molecular formula is C30H43N5S. The summed E-state index contributed by atoms with van der Waals surface area (Å²) in [5.74, 6) is 2.73. The fourth-order valence-electron chi connectivity index (χ4n) is 6.66. The normalized spacial score (nSPS) is 27.2. The van der Waals surface area contributed by atoms with Crippen LogP contribution in [-0.4, -0.2) is 27.9 Å². The summed E-state index contributed by atoms with van der Waals surface area (Å²) in [6, 6.07) is 9.95. The molecule has 1 saturated heterocycles. The van der Waals surface area contributed by atoms with E-state index in [0.717, 1.165) is 18.1 Å². The van der Waals surface area contributed by atoms with Crippen molar-refractivity contribution in [2.24, 2.45) is 5.41 Å². The minimum atomic E-state index is 0.166. The van der Waals surface area contributed by atoms with Crippen LogP contribution >= 0.6 is 11.3 Å². The number of hydrogen-bond acceptors (Lipinski definition) is 5. The lowest BCUT2D eigenvalue weighted by atomic mass is 9.68. The molecule has 5 nitrogen and oxygen atoms in total. The summed E-state index contributed by atoms with van der Waals surface area (Å²) in [6.45, 7) is 15.3. The molecule has 1 saturated carbocycles. The molecule has 2 N–H and O–H groups in total. The Bertz CT molecular complexity index is 1170. The lowest BCUT2D eigenvalue weighted by Crippen LogP contribution is -2.29. The molecule has 0 radical (unpaired) electrons. The lowest BCUT2D eigenvalue weighted by Gasteiger charge is -2.37. The summed E-state index contributed by atoms with van der Waals surface area (Å²) in [5.41, 5.74) is 6.26. The zero-order valence-electron chi connectivity index (χ0n) is 22.9. The molecule has 36 heavy (non-hydrogen) atoms. The van der Waals surface area contributed by atoms with E-state index in [0.29, 0.717) is 11.3 Å². The van der Waals surface area contributed by atoms with Crippen molar-refractivity contribution in [3.05, 3.63) is 63.0 Å². The molecule has 4 heterocycles. The molecular weight excluding hydrogens is 462 g/mol. The number of fused-ring (bicyclic) bond motifs is 3. The van der Waals surface area contributed by atoms with Crippen LogP contribution in [0, 0.1) is 26.2 Å². The van der Waals surface area contributed by atoms with Gasteiger partial charge in [0.2, 0.25) is 0 Å². The molecule has 2 fully saturated rings. The van der Waals surface area contributed by atoms with Crippen LogP contribution in [0.25, 0.3) is 5.00 Å². The van der Waals surface area contributed by atoms with Crippen molar-refractivity contribution in [1.29, 1.82) is 0 Å². The molecule has 1 aromatic carbocycles. The Morgan fingerprint density at radius 2 is 1.69 bits per heavy atom. The first-order valence-electron chi connectivity index (χ1n) is 14.1. The second-order valence-electron chi connectivity index (χ2n) is 10.9. The SMILES string of the molecule is CC.CCC1NC(c2ccc(C3CCC4(CCNC4)CC3)cc2)c2c(sc(C)c2C)-n2c(C)nnc21. The maximum absolute atomic E-state index is 4.59. The fraction of sp³-hybridized carbons (Fsp3) is 0.600. The molecule has 1 spiro atoms. The number of hydrogen-bond donors (Lipinski definition) is 2. The molecule has 6 heteroatoms. The second-order valence-corrected chi connectivity index (χ2v) is 12.1. The Balaban J connectivity index is 0.00000130. The van der Waals surface area contributed by atoms with E-state index in [1.165, 1.54) is 77.3 Å². The van der Waals surface area contributed by atoms with Gasteiger partial charge in [0.25, 0.3) is 0 Å². The number of nitrogens with one attached hydrogen (secondary N) is 2. The monoisotopic (exact) mass is 505 g/mol. The number of nitrogens with zero attached hydrogens (tertiary/aromatic N) is 3. The Morgan fingerprint density at radius 1 is 1.00 bits per heavy atom. The quantitative estimate of drug-likeness (QED) is 0.400. The predicted molar refractivity (Wildman–Crippen MR) is 150 cm³/mol. The van der Waals surface area contributed by atoms with Gasteiger partial charge in [-0.1, -0.05) is 45.0 Å². The predicted octanol–water partition coefficient (Wildman–Crippen LogP) is 7.06. The van der Waals surface area contributed by atoms with E-state index in [1.807, 2.05) is 25.2 Å². The van der Waals surface area contributed by atoms with Gasteiger partial charge in [0.15, 0.2) is 5.82 Å². The topological polar surface area (TPSA) is 54.8 Å². The van der Waals surface area contributed by atoms with Crippen molar-refractivity contribution in [1.82, 2.24) is 25.4 Å². The number of aromatic nitrogens is 3. The first-order valence-corrected chi connectivity index (χ1v) is 14.9. The van der Waals surface area contributed by atoms with Crippen molar-refractivity contribution in [3.63, 3.8) is 0 Å².